The molecule has 2 heterocycles. The predicted octanol–water partition coefficient (Wildman–Crippen LogP) is 3.90. The monoisotopic (exact) mass is 345 g/mol. The van der Waals surface area contributed by atoms with Crippen molar-refractivity contribution in [3.05, 3.63) is 51.5 Å². The number of aliphatic hydroxyl groups excluding tert-OH is 1. The minimum Gasteiger partial charge on any atom is -0.392 e. The summed E-state index contributed by atoms with van der Waals surface area (Å²) in [4.78, 5) is 19.6. The molecule has 0 bridgehead atoms. The Hall–Kier alpha value is -2.11. The molecule has 0 amide bonds. The van der Waals surface area contributed by atoms with Crippen LogP contribution < -0.4 is 5.69 Å². The molecule has 0 aliphatic carbocycles. The summed E-state index contributed by atoms with van der Waals surface area (Å²) in [6.07, 6.45) is 3.25. The van der Waals surface area contributed by atoms with E-state index in [1.165, 1.54) is 0 Å². The zero-order valence-corrected chi connectivity index (χ0v) is 14.5. The first kappa shape index (κ1) is 16.7. The quantitative estimate of drug-likeness (QED) is 0.736. The van der Waals surface area contributed by atoms with Crippen LogP contribution in [0.2, 0.25) is 5.02 Å². The molecule has 0 radical (unpaired) electrons. The SMILES string of the molecule is CCC(CC)n1c(=O)[nH]c2ncc(Cl)c(-c3ccc(CO)cc3)c21. The molecule has 0 aliphatic rings. The number of aromatic nitrogens is 3. The molecule has 0 saturated heterocycles. The number of rotatable bonds is 5. The Morgan fingerprint density at radius 1 is 1.25 bits per heavy atom. The minimum atomic E-state index is -0.165. The van der Waals surface area contributed by atoms with Crippen LogP contribution in [-0.2, 0) is 6.61 Å². The first-order chi connectivity index (χ1) is 11.6. The standard InChI is InChI=1S/C18H20ClN3O2/c1-3-13(4-2)22-16-15(12-7-5-11(10-23)6-8-12)14(19)9-20-17(16)21-18(22)24/h5-9,13,23H,3-4,10H2,1-2H3,(H,20,21,24). The highest BCUT2D eigenvalue weighted by Crippen LogP contribution is 2.35. The predicted molar refractivity (Wildman–Crippen MR) is 96.3 cm³/mol. The summed E-state index contributed by atoms with van der Waals surface area (Å²) in [7, 11) is 0. The molecule has 126 valence electrons. The van der Waals surface area contributed by atoms with E-state index in [9.17, 15) is 9.90 Å². The molecule has 0 spiro atoms. The average Bonchev–Trinajstić information content (AvgIpc) is 2.93. The number of halogens is 1. The molecular weight excluding hydrogens is 326 g/mol. The smallest absolute Gasteiger partial charge is 0.327 e. The second kappa shape index (κ2) is 6.79. The fourth-order valence-electron chi connectivity index (χ4n) is 3.12. The van der Waals surface area contributed by atoms with Crippen molar-refractivity contribution in [1.29, 1.82) is 0 Å². The van der Waals surface area contributed by atoms with E-state index < -0.39 is 0 Å². The van der Waals surface area contributed by atoms with Gasteiger partial charge in [0.2, 0.25) is 0 Å². The van der Waals surface area contributed by atoms with E-state index in [4.69, 9.17) is 11.6 Å². The van der Waals surface area contributed by atoms with Crippen LogP contribution in [0.5, 0.6) is 0 Å². The van der Waals surface area contributed by atoms with Gasteiger partial charge < -0.3 is 5.11 Å². The van der Waals surface area contributed by atoms with Gasteiger partial charge in [0, 0.05) is 17.8 Å². The third-order valence-electron chi connectivity index (χ3n) is 4.42. The van der Waals surface area contributed by atoms with Crippen molar-refractivity contribution in [3.8, 4) is 11.1 Å². The molecule has 0 unspecified atom stereocenters. The van der Waals surface area contributed by atoms with Gasteiger partial charge in [0.15, 0.2) is 5.65 Å². The maximum atomic E-state index is 12.5. The van der Waals surface area contributed by atoms with Crippen molar-refractivity contribution in [2.24, 2.45) is 0 Å². The lowest BCUT2D eigenvalue weighted by Crippen LogP contribution is -2.21. The number of benzene rings is 1. The number of aromatic amines is 1. The molecule has 6 heteroatoms. The third-order valence-corrected chi connectivity index (χ3v) is 4.71. The molecule has 24 heavy (non-hydrogen) atoms. The van der Waals surface area contributed by atoms with Gasteiger partial charge >= 0.3 is 5.69 Å². The summed E-state index contributed by atoms with van der Waals surface area (Å²) in [5.41, 5.74) is 3.61. The van der Waals surface area contributed by atoms with Crippen LogP contribution in [0.15, 0.2) is 35.3 Å². The number of aliphatic hydroxyl groups is 1. The Balaban J connectivity index is 2.33. The van der Waals surface area contributed by atoms with Crippen LogP contribution in [-0.4, -0.2) is 19.6 Å². The number of fused-ring (bicyclic) bond motifs is 1. The van der Waals surface area contributed by atoms with Gasteiger partial charge in [0.1, 0.15) is 0 Å². The number of hydrogen-bond donors (Lipinski definition) is 2. The Morgan fingerprint density at radius 2 is 1.92 bits per heavy atom. The topological polar surface area (TPSA) is 70.9 Å². The van der Waals surface area contributed by atoms with E-state index in [0.29, 0.717) is 10.7 Å². The molecule has 1 aromatic carbocycles. The molecular formula is C18H20ClN3O2. The summed E-state index contributed by atoms with van der Waals surface area (Å²) in [5, 5.41) is 9.72. The highest BCUT2D eigenvalue weighted by molar-refractivity contribution is 6.34. The molecule has 2 aromatic heterocycles. The number of nitrogens with one attached hydrogen (secondary N) is 1. The molecule has 0 saturated carbocycles. The van der Waals surface area contributed by atoms with Crippen molar-refractivity contribution in [3.63, 3.8) is 0 Å². The summed E-state index contributed by atoms with van der Waals surface area (Å²) in [6.45, 7) is 4.11. The summed E-state index contributed by atoms with van der Waals surface area (Å²) in [6, 6.07) is 7.60. The van der Waals surface area contributed by atoms with Crippen LogP contribution >= 0.6 is 11.6 Å². The molecule has 0 aliphatic heterocycles. The van der Waals surface area contributed by atoms with E-state index in [-0.39, 0.29) is 18.3 Å². The Kier molecular flexibility index (Phi) is 4.73. The maximum Gasteiger partial charge on any atom is 0.327 e. The van der Waals surface area contributed by atoms with Gasteiger partial charge in [-0.2, -0.15) is 0 Å². The second-order valence-electron chi connectivity index (χ2n) is 5.80. The van der Waals surface area contributed by atoms with Crippen LogP contribution in [0.3, 0.4) is 0 Å². The van der Waals surface area contributed by atoms with Gasteiger partial charge in [-0.05, 0) is 24.0 Å². The van der Waals surface area contributed by atoms with E-state index in [1.54, 1.807) is 10.8 Å². The van der Waals surface area contributed by atoms with Gasteiger partial charge in [0.05, 0.1) is 17.1 Å². The van der Waals surface area contributed by atoms with E-state index >= 15 is 0 Å². The summed E-state index contributed by atoms with van der Waals surface area (Å²) < 4.78 is 1.77. The van der Waals surface area contributed by atoms with Crippen molar-refractivity contribution in [1.82, 2.24) is 14.5 Å². The van der Waals surface area contributed by atoms with E-state index in [1.807, 2.05) is 24.3 Å². The number of nitrogens with zero attached hydrogens (tertiary/aromatic N) is 2. The molecule has 3 aromatic rings. The van der Waals surface area contributed by atoms with Crippen molar-refractivity contribution in [2.45, 2.75) is 39.3 Å². The van der Waals surface area contributed by atoms with Crippen molar-refractivity contribution < 1.29 is 5.11 Å². The molecule has 2 N–H and O–H groups in total. The first-order valence-electron chi connectivity index (χ1n) is 8.09. The lowest BCUT2D eigenvalue weighted by Gasteiger charge is -2.17. The number of H-pyrrole nitrogens is 1. The van der Waals surface area contributed by atoms with Crippen molar-refractivity contribution in [2.75, 3.05) is 0 Å². The van der Waals surface area contributed by atoms with E-state index in [0.717, 1.165) is 35.0 Å². The Labute approximate surface area is 144 Å². The zero-order valence-electron chi connectivity index (χ0n) is 13.7. The second-order valence-corrected chi connectivity index (χ2v) is 6.21. The molecule has 3 rings (SSSR count). The lowest BCUT2D eigenvalue weighted by molar-refractivity contribution is 0.282. The molecule has 5 nitrogen and oxygen atoms in total. The Bertz CT molecular complexity index is 908. The zero-order chi connectivity index (χ0) is 17.3. The fraction of sp³-hybridized carbons (Fsp3) is 0.333. The maximum absolute atomic E-state index is 12.5. The summed E-state index contributed by atoms with van der Waals surface area (Å²) in [5.74, 6) is 0. The van der Waals surface area contributed by atoms with E-state index in [2.05, 4.69) is 23.8 Å². The Morgan fingerprint density at radius 3 is 2.50 bits per heavy atom. The largest absolute Gasteiger partial charge is 0.392 e. The average molecular weight is 346 g/mol. The molecule has 0 fully saturated rings. The number of hydrogen-bond acceptors (Lipinski definition) is 3. The van der Waals surface area contributed by atoms with Gasteiger partial charge in [-0.1, -0.05) is 49.7 Å². The van der Waals surface area contributed by atoms with Crippen LogP contribution in [0, 0.1) is 0 Å². The van der Waals surface area contributed by atoms with Crippen LogP contribution in [0.1, 0.15) is 38.3 Å². The fourth-order valence-corrected chi connectivity index (χ4v) is 3.37. The first-order valence-corrected chi connectivity index (χ1v) is 8.47. The van der Waals surface area contributed by atoms with Crippen LogP contribution in [0.25, 0.3) is 22.3 Å². The highest BCUT2D eigenvalue weighted by Gasteiger charge is 2.20. The van der Waals surface area contributed by atoms with Crippen molar-refractivity contribution >= 4 is 22.8 Å². The normalized spacial score (nSPS) is 11.5. The van der Waals surface area contributed by atoms with Gasteiger partial charge in [-0.3, -0.25) is 9.55 Å². The third kappa shape index (κ3) is 2.74. The van der Waals surface area contributed by atoms with Gasteiger partial charge in [-0.25, -0.2) is 9.78 Å². The summed E-state index contributed by atoms with van der Waals surface area (Å²) >= 11 is 6.44. The van der Waals surface area contributed by atoms with Crippen LogP contribution in [0.4, 0.5) is 0 Å². The number of imidazole rings is 1. The van der Waals surface area contributed by atoms with Gasteiger partial charge in [-0.15, -0.1) is 0 Å². The highest BCUT2D eigenvalue weighted by atomic mass is 35.5. The number of pyridine rings is 1. The van der Waals surface area contributed by atoms with Gasteiger partial charge in [0.25, 0.3) is 0 Å². The lowest BCUT2D eigenvalue weighted by atomic mass is 10.0. The minimum absolute atomic E-state index is 0.0115. The molecule has 0 atom stereocenters.